The first-order valence-electron chi connectivity index (χ1n) is 5.81. The van der Waals surface area contributed by atoms with Crippen molar-refractivity contribution >= 4 is 0 Å². The van der Waals surface area contributed by atoms with Gasteiger partial charge in [0.1, 0.15) is 0 Å². The van der Waals surface area contributed by atoms with Crippen molar-refractivity contribution in [1.29, 1.82) is 0 Å². The van der Waals surface area contributed by atoms with Crippen molar-refractivity contribution in [3.63, 3.8) is 0 Å². The summed E-state index contributed by atoms with van der Waals surface area (Å²) >= 11 is 0. The molecular weight excluding hydrogens is 210 g/mol. The molecule has 0 fully saturated rings. The van der Waals surface area contributed by atoms with Crippen molar-refractivity contribution < 1.29 is 0 Å². The van der Waals surface area contributed by atoms with E-state index in [2.05, 4.69) is 23.2 Å². The number of rotatable bonds is 4. The summed E-state index contributed by atoms with van der Waals surface area (Å²) in [6.45, 7) is 2.18. The second-order valence-electron chi connectivity index (χ2n) is 3.93. The SMILES string of the molecule is C#Cc1ccc(-n2nncc2CCCC)cc1. The van der Waals surface area contributed by atoms with Gasteiger partial charge in [0.15, 0.2) is 0 Å². The highest BCUT2D eigenvalue weighted by molar-refractivity contribution is 5.40. The highest BCUT2D eigenvalue weighted by Gasteiger charge is 2.05. The maximum atomic E-state index is 5.33. The van der Waals surface area contributed by atoms with Gasteiger partial charge >= 0.3 is 0 Å². The molecule has 0 aliphatic rings. The van der Waals surface area contributed by atoms with E-state index in [4.69, 9.17) is 6.42 Å². The third-order valence-corrected chi connectivity index (χ3v) is 2.68. The Kier molecular flexibility index (Phi) is 3.56. The van der Waals surface area contributed by atoms with Gasteiger partial charge in [-0.05, 0) is 37.1 Å². The molecule has 3 nitrogen and oxygen atoms in total. The number of hydrogen-bond acceptors (Lipinski definition) is 2. The molecule has 0 radical (unpaired) electrons. The Labute approximate surface area is 101 Å². The lowest BCUT2D eigenvalue weighted by Gasteiger charge is -2.05. The van der Waals surface area contributed by atoms with Crippen molar-refractivity contribution in [2.75, 3.05) is 0 Å². The van der Waals surface area contributed by atoms with Crippen LogP contribution in [0.3, 0.4) is 0 Å². The van der Waals surface area contributed by atoms with E-state index in [1.165, 1.54) is 6.42 Å². The minimum absolute atomic E-state index is 0.879. The Balaban J connectivity index is 2.26. The summed E-state index contributed by atoms with van der Waals surface area (Å²) in [5.41, 5.74) is 3.02. The number of unbranched alkanes of at least 4 members (excludes halogenated alkanes) is 1. The van der Waals surface area contributed by atoms with Crippen molar-refractivity contribution in [3.05, 3.63) is 41.7 Å². The van der Waals surface area contributed by atoms with Crippen LogP contribution < -0.4 is 0 Å². The first kappa shape index (κ1) is 11.4. The zero-order valence-corrected chi connectivity index (χ0v) is 9.93. The molecule has 2 aromatic rings. The number of aromatic nitrogens is 3. The van der Waals surface area contributed by atoms with Crippen LogP contribution in [0.1, 0.15) is 31.0 Å². The van der Waals surface area contributed by atoms with Crippen molar-refractivity contribution in [1.82, 2.24) is 15.0 Å². The maximum absolute atomic E-state index is 5.33. The van der Waals surface area contributed by atoms with Crippen LogP contribution in [0.25, 0.3) is 5.69 Å². The number of aryl methyl sites for hydroxylation is 1. The highest BCUT2D eigenvalue weighted by atomic mass is 15.4. The van der Waals surface area contributed by atoms with Crippen LogP contribution in [0.5, 0.6) is 0 Å². The summed E-state index contributed by atoms with van der Waals surface area (Å²) in [6, 6.07) is 7.78. The van der Waals surface area contributed by atoms with E-state index in [1.54, 1.807) is 0 Å². The van der Waals surface area contributed by atoms with Gasteiger partial charge in [-0.1, -0.05) is 24.5 Å². The molecule has 3 heteroatoms. The van der Waals surface area contributed by atoms with Gasteiger partial charge in [-0.3, -0.25) is 0 Å². The zero-order valence-electron chi connectivity index (χ0n) is 9.93. The Morgan fingerprint density at radius 2 is 2.06 bits per heavy atom. The zero-order chi connectivity index (χ0) is 12.1. The standard InChI is InChI=1S/C14H15N3/c1-3-5-6-14-11-15-16-17(14)13-9-7-12(4-2)8-10-13/h2,7-11H,3,5-6H2,1H3. The number of benzene rings is 1. The lowest BCUT2D eigenvalue weighted by Crippen LogP contribution is -2.02. The van der Waals surface area contributed by atoms with E-state index in [0.29, 0.717) is 0 Å². The van der Waals surface area contributed by atoms with Gasteiger partial charge in [-0.2, -0.15) is 0 Å². The van der Waals surface area contributed by atoms with E-state index in [9.17, 15) is 0 Å². The predicted octanol–water partition coefficient (Wildman–Crippen LogP) is 2.59. The minimum Gasteiger partial charge on any atom is -0.218 e. The second-order valence-corrected chi connectivity index (χ2v) is 3.93. The summed E-state index contributed by atoms with van der Waals surface area (Å²) in [5.74, 6) is 2.60. The van der Waals surface area contributed by atoms with Gasteiger partial charge in [0.05, 0.1) is 17.6 Å². The third kappa shape index (κ3) is 2.54. The van der Waals surface area contributed by atoms with Crippen LogP contribution in [0.4, 0.5) is 0 Å². The van der Waals surface area contributed by atoms with Gasteiger partial charge in [-0.25, -0.2) is 4.68 Å². The van der Waals surface area contributed by atoms with Crippen LogP contribution in [0.15, 0.2) is 30.5 Å². The Morgan fingerprint density at radius 3 is 2.71 bits per heavy atom. The summed E-state index contributed by atoms with van der Waals surface area (Å²) < 4.78 is 1.87. The molecule has 0 bridgehead atoms. The van der Waals surface area contributed by atoms with E-state index >= 15 is 0 Å². The van der Waals surface area contributed by atoms with Gasteiger partial charge in [-0.15, -0.1) is 11.5 Å². The van der Waals surface area contributed by atoms with Crippen molar-refractivity contribution in [2.45, 2.75) is 26.2 Å². The van der Waals surface area contributed by atoms with Gasteiger partial charge in [0, 0.05) is 5.56 Å². The highest BCUT2D eigenvalue weighted by Crippen LogP contribution is 2.12. The van der Waals surface area contributed by atoms with Crippen LogP contribution in [0.2, 0.25) is 0 Å². The largest absolute Gasteiger partial charge is 0.218 e. The Morgan fingerprint density at radius 1 is 1.29 bits per heavy atom. The molecule has 0 saturated heterocycles. The average Bonchev–Trinajstić information content (AvgIpc) is 2.84. The topological polar surface area (TPSA) is 30.7 Å². The molecule has 0 N–H and O–H groups in total. The molecule has 17 heavy (non-hydrogen) atoms. The Hall–Kier alpha value is -2.08. The van der Waals surface area contributed by atoms with Gasteiger partial charge < -0.3 is 0 Å². The molecule has 0 spiro atoms. The van der Waals surface area contributed by atoms with E-state index < -0.39 is 0 Å². The monoisotopic (exact) mass is 225 g/mol. The first-order chi connectivity index (χ1) is 8.35. The third-order valence-electron chi connectivity index (χ3n) is 2.68. The number of nitrogens with zero attached hydrogens (tertiary/aromatic N) is 3. The van der Waals surface area contributed by atoms with Crippen molar-refractivity contribution in [2.24, 2.45) is 0 Å². The summed E-state index contributed by atoms with van der Waals surface area (Å²) in [5, 5.41) is 8.08. The Bertz CT molecular complexity index is 517. The molecule has 0 amide bonds. The van der Waals surface area contributed by atoms with Crippen LogP contribution in [0, 0.1) is 12.3 Å². The normalized spacial score (nSPS) is 10.1. The van der Waals surface area contributed by atoms with E-state index in [0.717, 1.165) is 29.8 Å². The molecule has 1 heterocycles. The molecular formula is C14H15N3. The fraction of sp³-hybridized carbons (Fsp3) is 0.286. The van der Waals surface area contributed by atoms with E-state index in [-0.39, 0.29) is 0 Å². The lowest BCUT2D eigenvalue weighted by atomic mass is 10.2. The molecule has 1 aromatic heterocycles. The molecule has 2 rings (SSSR count). The molecule has 0 saturated carbocycles. The minimum atomic E-state index is 0.879. The van der Waals surface area contributed by atoms with Crippen LogP contribution in [-0.4, -0.2) is 15.0 Å². The van der Waals surface area contributed by atoms with Crippen LogP contribution in [-0.2, 0) is 6.42 Å². The first-order valence-corrected chi connectivity index (χ1v) is 5.81. The molecule has 86 valence electrons. The maximum Gasteiger partial charge on any atom is 0.0729 e. The molecule has 1 aromatic carbocycles. The van der Waals surface area contributed by atoms with Gasteiger partial charge in [0.25, 0.3) is 0 Å². The summed E-state index contributed by atoms with van der Waals surface area (Å²) in [6.07, 6.45) is 10.5. The molecule has 0 aliphatic carbocycles. The van der Waals surface area contributed by atoms with Crippen LogP contribution >= 0.6 is 0 Å². The fourth-order valence-electron chi connectivity index (χ4n) is 1.70. The van der Waals surface area contributed by atoms with E-state index in [1.807, 2.05) is 35.1 Å². The quantitative estimate of drug-likeness (QED) is 0.749. The fourth-order valence-corrected chi connectivity index (χ4v) is 1.70. The average molecular weight is 225 g/mol. The predicted molar refractivity (Wildman–Crippen MR) is 67.9 cm³/mol. The summed E-state index contributed by atoms with van der Waals surface area (Å²) in [7, 11) is 0. The molecule has 0 unspecified atom stereocenters. The summed E-state index contributed by atoms with van der Waals surface area (Å²) in [4.78, 5) is 0. The number of terminal acetylenes is 1. The molecule has 0 atom stereocenters. The number of hydrogen-bond donors (Lipinski definition) is 0. The second kappa shape index (κ2) is 5.31. The molecule has 0 aliphatic heterocycles. The lowest BCUT2D eigenvalue weighted by molar-refractivity contribution is 0.715. The smallest absolute Gasteiger partial charge is 0.0729 e. The van der Waals surface area contributed by atoms with Gasteiger partial charge in [0.2, 0.25) is 0 Å². The van der Waals surface area contributed by atoms with Crippen molar-refractivity contribution in [3.8, 4) is 18.0 Å².